The number of rotatable bonds is 8. The first-order chi connectivity index (χ1) is 12.0. The van der Waals surface area contributed by atoms with Crippen LogP contribution in [0.3, 0.4) is 0 Å². The Kier molecular flexibility index (Phi) is 8.65. The van der Waals surface area contributed by atoms with Crippen LogP contribution >= 0.6 is 35.0 Å². The van der Waals surface area contributed by atoms with Gasteiger partial charge in [-0.3, -0.25) is 0 Å². The van der Waals surface area contributed by atoms with Gasteiger partial charge in [-0.15, -0.1) is 0 Å². The molecular weight excluding hydrogens is 369 g/mol. The zero-order chi connectivity index (χ0) is 18.2. The Balaban J connectivity index is 0.000000306. The van der Waals surface area contributed by atoms with Crippen molar-refractivity contribution >= 4 is 35.0 Å². The molecule has 0 saturated heterocycles. The van der Waals surface area contributed by atoms with E-state index in [0.29, 0.717) is 10.9 Å². The smallest absolute Gasteiger partial charge is 0.0461 e. The van der Waals surface area contributed by atoms with E-state index in [2.05, 4.69) is 49.9 Å². The molecule has 2 aliphatic carbocycles. The predicted octanol–water partition coefficient (Wildman–Crippen LogP) is 6.49. The SMILES string of the molecule is CCN(CC)CC(C)CSCc1ccc(Cl)cc1Cl.c1cc2ccc1=2. The lowest BCUT2D eigenvalue weighted by Crippen LogP contribution is -2.29. The van der Waals surface area contributed by atoms with Gasteiger partial charge in [0.25, 0.3) is 0 Å². The lowest BCUT2D eigenvalue weighted by Gasteiger charge is -2.22. The molecule has 136 valence electrons. The van der Waals surface area contributed by atoms with Gasteiger partial charge in [-0.25, -0.2) is 0 Å². The fraction of sp³-hybridized carbons (Fsp3) is 0.429. The van der Waals surface area contributed by atoms with Crippen LogP contribution in [0, 0.1) is 16.4 Å². The summed E-state index contributed by atoms with van der Waals surface area (Å²) in [5.41, 5.74) is 1.17. The summed E-state index contributed by atoms with van der Waals surface area (Å²) >= 11 is 14.0. The van der Waals surface area contributed by atoms with Gasteiger partial charge in [0.15, 0.2) is 0 Å². The highest BCUT2D eigenvalue weighted by molar-refractivity contribution is 7.98. The van der Waals surface area contributed by atoms with Gasteiger partial charge in [0, 0.05) is 22.3 Å². The van der Waals surface area contributed by atoms with Gasteiger partial charge in [0.2, 0.25) is 0 Å². The number of nitrogens with zero attached hydrogens (tertiary/aromatic N) is 1. The third kappa shape index (κ3) is 6.53. The Labute approximate surface area is 166 Å². The van der Waals surface area contributed by atoms with Crippen molar-refractivity contribution in [2.45, 2.75) is 26.5 Å². The Hall–Kier alpha value is -0.670. The topological polar surface area (TPSA) is 3.24 Å². The van der Waals surface area contributed by atoms with Crippen molar-refractivity contribution in [3.8, 4) is 0 Å². The van der Waals surface area contributed by atoms with E-state index in [1.54, 1.807) is 0 Å². The van der Waals surface area contributed by atoms with Crippen LogP contribution in [-0.4, -0.2) is 30.3 Å². The van der Waals surface area contributed by atoms with Crippen molar-refractivity contribution in [1.82, 2.24) is 4.90 Å². The molecule has 0 spiro atoms. The first-order valence-corrected chi connectivity index (χ1v) is 10.8. The largest absolute Gasteiger partial charge is 0.304 e. The second-order valence-corrected chi connectivity index (χ2v) is 8.29. The fourth-order valence-corrected chi connectivity index (χ4v) is 4.30. The molecule has 2 aliphatic rings. The van der Waals surface area contributed by atoms with Crippen molar-refractivity contribution in [2.75, 3.05) is 25.4 Å². The van der Waals surface area contributed by atoms with E-state index in [1.165, 1.54) is 22.5 Å². The number of hydrogen-bond acceptors (Lipinski definition) is 2. The zero-order valence-electron chi connectivity index (χ0n) is 15.3. The maximum absolute atomic E-state index is 6.17. The summed E-state index contributed by atoms with van der Waals surface area (Å²) in [5, 5.41) is 4.33. The van der Waals surface area contributed by atoms with Gasteiger partial charge in [0.1, 0.15) is 0 Å². The van der Waals surface area contributed by atoms with E-state index >= 15 is 0 Å². The Morgan fingerprint density at radius 2 is 1.56 bits per heavy atom. The number of benzene rings is 2. The molecular formula is C21H27Cl2NS. The first kappa shape index (κ1) is 20.6. The summed E-state index contributed by atoms with van der Waals surface area (Å²) in [4.78, 5) is 2.47. The van der Waals surface area contributed by atoms with E-state index in [0.717, 1.165) is 29.6 Å². The first-order valence-electron chi connectivity index (χ1n) is 8.88. The summed E-state index contributed by atoms with van der Waals surface area (Å²) in [6.45, 7) is 10.2. The van der Waals surface area contributed by atoms with Gasteiger partial charge in [-0.2, -0.15) is 11.8 Å². The minimum absolute atomic E-state index is 0.702. The molecule has 1 nitrogen and oxygen atoms in total. The average Bonchev–Trinajstić information content (AvgIpc) is 2.58. The van der Waals surface area contributed by atoms with Gasteiger partial charge >= 0.3 is 0 Å². The maximum Gasteiger partial charge on any atom is 0.0461 e. The molecule has 0 aliphatic heterocycles. The van der Waals surface area contributed by atoms with E-state index in [-0.39, 0.29) is 0 Å². The van der Waals surface area contributed by atoms with Crippen LogP contribution < -0.4 is 0 Å². The molecule has 0 bridgehead atoms. The predicted molar refractivity (Wildman–Crippen MR) is 114 cm³/mol. The summed E-state index contributed by atoms with van der Waals surface area (Å²) in [6, 6.07) is 14.2. The molecule has 4 heteroatoms. The Bertz CT molecular complexity index is 708. The molecule has 0 radical (unpaired) electrons. The minimum Gasteiger partial charge on any atom is -0.304 e. The monoisotopic (exact) mass is 395 g/mol. The number of thioether (sulfide) groups is 1. The standard InChI is InChI=1S/C15H23Cl2NS.C6H4/c1-4-18(5-2)9-12(3)10-19-11-13-6-7-14(16)8-15(13)17;1-2-6-4-3-5(1)6/h6-8,12H,4-5,9-11H2,1-3H3;1-4H. The molecule has 0 N–H and O–H groups in total. The van der Waals surface area contributed by atoms with E-state index in [1.807, 2.05) is 30.0 Å². The van der Waals surface area contributed by atoms with Gasteiger partial charge in [0.05, 0.1) is 0 Å². The summed E-state index contributed by atoms with van der Waals surface area (Å²) in [6.07, 6.45) is 0. The number of halogens is 2. The highest BCUT2D eigenvalue weighted by atomic mass is 35.5. The van der Waals surface area contributed by atoms with Crippen LogP contribution in [0.25, 0.3) is 0 Å². The highest BCUT2D eigenvalue weighted by Gasteiger charge is 2.08. The molecule has 3 rings (SSSR count). The Morgan fingerprint density at radius 1 is 0.960 bits per heavy atom. The third-order valence-electron chi connectivity index (χ3n) is 4.36. The molecule has 1 aromatic rings. The maximum atomic E-state index is 6.17. The quantitative estimate of drug-likeness (QED) is 0.428. The van der Waals surface area contributed by atoms with Crippen molar-refractivity contribution in [3.05, 3.63) is 68.5 Å². The van der Waals surface area contributed by atoms with Gasteiger partial charge in [-0.05, 0) is 52.9 Å². The van der Waals surface area contributed by atoms with Crippen LogP contribution in [0.1, 0.15) is 26.3 Å². The normalized spacial score (nSPS) is 12.6. The van der Waals surface area contributed by atoms with Crippen LogP contribution in [0.2, 0.25) is 10.0 Å². The molecule has 0 aromatic heterocycles. The van der Waals surface area contributed by atoms with E-state index in [9.17, 15) is 0 Å². The summed E-state index contributed by atoms with van der Waals surface area (Å²) in [7, 11) is 0. The van der Waals surface area contributed by atoms with E-state index < -0.39 is 0 Å². The van der Waals surface area contributed by atoms with Crippen molar-refractivity contribution in [2.24, 2.45) is 5.92 Å². The molecule has 0 heterocycles. The van der Waals surface area contributed by atoms with Gasteiger partial charge in [-0.1, -0.05) is 74.3 Å². The summed E-state index contributed by atoms with van der Waals surface area (Å²) in [5.74, 6) is 2.82. The molecule has 0 saturated carbocycles. The average molecular weight is 396 g/mol. The second kappa shape index (κ2) is 10.5. The summed E-state index contributed by atoms with van der Waals surface area (Å²) < 4.78 is 0. The molecule has 0 amide bonds. The lowest BCUT2D eigenvalue weighted by molar-refractivity contribution is 0.271. The second-order valence-electron chi connectivity index (χ2n) is 6.42. The van der Waals surface area contributed by atoms with Crippen molar-refractivity contribution < 1.29 is 0 Å². The molecule has 25 heavy (non-hydrogen) atoms. The van der Waals surface area contributed by atoms with Crippen LogP contribution in [0.15, 0.2) is 42.5 Å². The molecule has 1 atom stereocenters. The minimum atomic E-state index is 0.702. The van der Waals surface area contributed by atoms with Crippen molar-refractivity contribution in [3.63, 3.8) is 0 Å². The molecule has 1 aromatic carbocycles. The van der Waals surface area contributed by atoms with Crippen LogP contribution in [0.4, 0.5) is 0 Å². The Morgan fingerprint density at radius 3 is 2.00 bits per heavy atom. The zero-order valence-corrected chi connectivity index (χ0v) is 17.6. The van der Waals surface area contributed by atoms with Gasteiger partial charge < -0.3 is 4.90 Å². The highest BCUT2D eigenvalue weighted by Crippen LogP contribution is 2.25. The number of hydrogen-bond donors (Lipinski definition) is 0. The molecule has 1 unspecified atom stereocenters. The van der Waals surface area contributed by atoms with Crippen molar-refractivity contribution in [1.29, 1.82) is 0 Å². The third-order valence-corrected chi connectivity index (χ3v) is 6.26. The van der Waals surface area contributed by atoms with Crippen LogP contribution in [0.5, 0.6) is 0 Å². The molecule has 0 fully saturated rings. The van der Waals surface area contributed by atoms with E-state index in [4.69, 9.17) is 23.2 Å². The van der Waals surface area contributed by atoms with Crippen LogP contribution in [-0.2, 0) is 5.75 Å². The lowest BCUT2D eigenvalue weighted by atomic mass is 10.1. The fourth-order valence-electron chi connectivity index (χ4n) is 2.65.